The zero-order chi connectivity index (χ0) is 13.2. The van der Waals surface area contributed by atoms with Crippen molar-refractivity contribution < 1.29 is 5.11 Å². The third-order valence-electron chi connectivity index (χ3n) is 2.94. The molecule has 0 aliphatic rings. The Balaban J connectivity index is 2.89. The highest BCUT2D eigenvalue weighted by molar-refractivity contribution is 5.26. The van der Waals surface area contributed by atoms with E-state index in [1.807, 2.05) is 13.2 Å². The molecule has 1 rings (SSSR count). The number of aryl methyl sites for hydroxylation is 1. The maximum Gasteiger partial charge on any atom is 0.0823 e. The number of aliphatic hydroxyl groups is 1. The lowest BCUT2D eigenvalue weighted by molar-refractivity contribution is 0.157. The number of hydrogen-bond donors (Lipinski definition) is 1. The summed E-state index contributed by atoms with van der Waals surface area (Å²) < 4.78 is 1.80. The van der Waals surface area contributed by atoms with Gasteiger partial charge in [0.2, 0.25) is 0 Å². The van der Waals surface area contributed by atoms with Crippen molar-refractivity contribution in [3.8, 4) is 0 Å². The normalized spacial score (nSPS) is 14.4. The molecule has 0 bridgehead atoms. The van der Waals surface area contributed by atoms with Crippen LogP contribution >= 0.6 is 0 Å². The van der Waals surface area contributed by atoms with Gasteiger partial charge in [0.15, 0.2) is 0 Å². The van der Waals surface area contributed by atoms with Crippen LogP contribution in [-0.2, 0) is 12.5 Å². The fraction of sp³-hybridized carbons (Fsp3) is 0.786. The molecule has 1 atom stereocenters. The van der Waals surface area contributed by atoms with Gasteiger partial charge in [-0.1, -0.05) is 34.6 Å². The van der Waals surface area contributed by atoms with Crippen molar-refractivity contribution in [1.29, 1.82) is 0 Å². The van der Waals surface area contributed by atoms with E-state index in [4.69, 9.17) is 0 Å². The van der Waals surface area contributed by atoms with E-state index in [2.05, 4.69) is 39.7 Å². The van der Waals surface area contributed by atoms with Gasteiger partial charge in [0.25, 0.3) is 0 Å². The first-order valence-corrected chi connectivity index (χ1v) is 6.44. The number of nitrogens with zero attached hydrogens (tertiary/aromatic N) is 2. The Bertz CT molecular complexity index is 361. The number of aliphatic hydroxyl groups excluding tert-OH is 1. The van der Waals surface area contributed by atoms with E-state index in [1.165, 1.54) is 0 Å². The predicted molar refractivity (Wildman–Crippen MR) is 70.9 cm³/mol. The van der Waals surface area contributed by atoms with Gasteiger partial charge in [-0.2, -0.15) is 5.10 Å². The molecule has 1 aromatic rings. The second kappa shape index (κ2) is 5.21. The number of aromatic nitrogens is 2. The molecule has 98 valence electrons. The molecule has 0 radical (unpaired) electrons. The summed E-state index contributed by atoms with van der Waals surface area (Å²) in [5, 5.41) is 14.8. The maximum atomic E-state index is 10.3. The molecular formula is C14H26N2O. The van der Waals surface area contributed by atoms with Crippen molar-refractivity contribution in [3.05, 3.63) is 17.5 Å². The Kier molecular flexibility index (Phi) is 4.36. The Morgan fingerprint density at radius 2 is 1.88 bits per heavy atom. The van der Waals surface area contributed by atoms with Gasteiger partial charge in [0, 0.05) is 24.2 Å². The summed E-state index contributed by atoms with van der Waals surface area (Å²) in [5.41, 5.74) is 1.98. The minimum atomic E-state index is -0.389. The first-order chi connectivity index (χ1) is 7.71. The van der Waals surface area contributed by atoms with Crippen molar-refractivity contribution in [1.82, 2.24) is 9.78 Å². The zero-order valence-electron chi connectivity index (χ0n) is 12.0. The van der Waals surface area contributed by atoms with Crippen LogP contribution in [0, 0.1) is 5.92 Å². The van der Waals surface area contributed by atoms with Crippen LogP contribution in [0.3, 0.4) is 0 Å². The van der Waals surface area contributed by atoms with E-state index in [0.29, 0.717) is 5.92 Å². The SMILES string of the molecule is CC(C)CCC(O)c1cn(C)nc1C(C)(C)C. The Morgan fingerprint density at radius 1 is 1.29 bits per heavy atom. The quantitative estimate of drug-likeness (QED) is 0.875. The molecule has 0 aliphatic carbocycles. The highest BCUT2D eigenvalue weighted by atomic mass is 16.3. The predicted octanol–water partition coefficient (Wildman–Crippen LogP) is 3.19. The van der Waals surface area contributed by atoms with Gasteiger partial charge in [-0.15, -0.1) is 0 Å². The van der Waals surface area contributed by atoms with Gasteiger partial charge in [-0.3, -0.25) is 4.68 Å². The Morgan fingerprint density at radius 3 is 2.35 bits per heavy atom. The summed E-state index contributed by atoms with van der Waals surface area (Å²) in [7, 11) is 1.91. The first-order valence-electron chi connectivity index (χ1n) is 6.44. The molecular weight excluding hydrogens is 212 g/mol. The molecule has 0 saturated heterocycles. The molecule has 3 heteroatoms. The van der Waals surface area contributed by atoms with Gasteiger partial charge in [0.1, 0.15) is 0 Å². The second-order valence-corrected chi connectivity index (χ2v) is 6.34. The summed E-state index contributed by atoms with van der Waals surface area (Å²) in [6, 6.07) is 0. The van der Waals surface area contributed by atoms with Crippen LogP contribution in [0.25, 0.3) is 0 Å². The summed E-state index contributed by atoms with van der Waals surface area (Å²) in [6.07, 6.45) is 3.41. The molecule has 0 aliphatic heterocycles. The van der Waals surface area contributed by atoms with Crippen molar-refractivity contribution in [2.75, 3.05) is 0 Å². The molecule has 1 unspecified atom stereocenters. The third-order valence-corrected chi connectivity index (χ3v) is 2.94. The fourth-order valence-electron chi connectivity index (χ4n) is 1.98. The average Bonchev–Trinajstić information content (AvgIpc) is 2.56. The van der Waals surface area contributed by atoms with Gasteiger partial charge in [-0.05, 0) is 18.8 Å². The van der Waals surface area contributed by atoms with Gasteiger partial charge in [0.05, 0.1) is 11.8 Å². The molecule has 1 aromatic heterocycles. The number of hydrogen-bond acceptors (Lipinski definition) is 2. The molecule has 3 nitrogen and oxygen atoms in total. The summed E-state index contributed by atoms with van der Waals surface area (Å²) >= 11 is 0. The van der Waals surface area contributed by atoms with Gasteiger partial charge in [-0.25, -0.2) is 0 Å². The van der Waals surface area contributed by atoms with Crippen LogP contribution in [0.1, 0.15) is 64.8 Å². The standard InChI is InChI=1S/C14H26N2O/c1-10(2)7-8-12(17)11-9-16(6)15-13(11)14(3,4)5/h9-10,12,17H,7-8H2,1-6H3. The van der Waals surface area contributed by atoms with E-state index in [0.717, 1.165) is 24.1 Å². The van der Waals surface area contributed by atoms with E-state index in [9.17, 15) is 5.11 Å². The molecule has 0 aromatic carbocycles. The van der Waals surface area contributed by atoms with Crippen LogP contribution in [0.15, 0.2) is 6.20 Å². The van der Waals surface area contributed by atoms with Crippen molar-refractivity contribution >= 4 is 0 Å². The second-order valence-electron chi connectivity index (χ2n) is 6.34. The minimum absolute atomic E-state index is 0.0184. The Hall–Kier alpha value is -0.830. The molecule has 0 amide bonds. The lowest BCUT2D eigenvalue weighted by atomic mass is 9.87. The largest absolute Gasteiger partial charge is 0.388 e. The lowest BCUT2D eigenvalue weighted by Gasteiger charge is -2.20. The van der Waals surface area contributed by atoms with Crippen molar-refractivity contribution in [3.63, 3.8) is 0 Å². The van der Waals surface area contributed by atoms with E-state index < -0.39 is 0 Å². The van der Waals surface area contributed by atoms with Crippen LogP contribution in [-0.4, -0.2) is 14.9 Å². The van der Waals surface area contributed by atoms with Crippen molar-refractivity contribution in [2.24, 2.45) is 13.0 Å². The van der Waals surface area contributed by atoms with E-state index in [1.54, 1.807) is 4.68 Å². The minimum Gasteiger partial charge on any atom is -0.388 e. The highest BCUT2D eigenvalue weighted by Crippen LogP contribution is 2.30. The van der Waals surface area contributed by atoms with Crippen molar-refractivity contribution in [2.45, 2.75) is 59.0 Å². The topological polar surface area (TPSA) is 38.0 Å². The van der Waals surface area contributed by atoms with Crippen LogP contribution in [0.2, 0.25) is 0 Å². The average molecular weight is 238 g/mol. The number of rotatable bonds is 4. The van der Waals surface area contributed by atoms with Gasteiger partial charge < -0.3 is 5.11 Å². The molecule has 1 N–H and O–H groups in total. The maximum absolute atomic E-state index is 10.3. The highest BCUT2D eigenvalue weighted by Gasteiger charge is 2.25. The summed E-state index contributed by atoms with van der Waals surface area (Å²) in [6.45, 7) is 10.8. The first kappa shape index (κ1) is 14.2. The third kappa shape index (κ3) is 3.84. The molecule has 0 spiro atoms. The molecule has 0 fully saturated rings. The fourth-order valence-corrected chi connectivity index (χ4v) is 1.98. The lowest BCUT2D eigenvalue weighted by Crippen LogP contribution is -2.16. The summed E-state index contributed by atoms with van der Waals surface area (Å²) in [5.74, 6) is 0.624. The summed E-state index contributed by atoms with van der Waals surface area (Å²) in [4.78, 5) is 0. The smallest absolute Gasteiger partial charge is 0.0823 e. The monoisotopic (exact) mass is 238 g/mol. The van der Waals surface area contributed by atoms with Crippen LogP contribution in [0.4, 0.5) is 0 Å². The van der Waals surface area contributed by atoms with E-state index >= 15 is 0 Å². The van der Waals surface area contributed by atoms with E-state index in [-0.39, 0.29) is 11.5 Å². The molecule has 1 heterocycles. The molecule has 17 heavy (non-hydrogen) atoms. The zero-order valence-corrected chi connectivity index (χ0v) is 12.0. The Labute approximate surface area is 105 Å². The van der Waals surface area contributed by atoms with Gasteiger partial charge >= 0.3 is 0 Å². The van der Waals surface area contributed by atoms with Crippen LogP contribution in [0.5, 0.6) is 0 Å². The van der Waals surface area contributed by atoms with Crippen LogP contribution < -0.4 is 0 Å². The molecule has 0 saturated carbocycles.